The Labute approximate surface area is 139 Å². The molecule has 2 nitrogen and oxygen atoms in total. The third-order valence-electron chi connectivity index (χ3n) is 4.66. The number of rotatable bonds is 3. The van der Waals surface area contributed by atoms with Crippen LogP contribution in [0.5, 0.6) is 0 Å². The van der Waals surface area contributed by atoms with Gasteiger partial charge in [-0.15, -0.1) is 0 Å². The van der Waals surface area contributed by atoms with Crippen molar-refractivity contribution in [3.05, 3.63) is 59.7 Å². The Kier molecular flexibility index (Phi) is 4.80. The van der Waals surface area contributed by atoms with Crippen molar-refractivity contribution < 1.29 is 4.79 Å². The van der Waals surface area contributed by atoms with Gasteiger partial charge in [-0.1, -0.05) is 50.2 Å². The lowest BCUT2D eigenvalue weighted by Crippen LogP contribution is -2.35. The molecule has 0 aromatic heterocycles. The van der Waals surface area contributed by atoms with Gasteiger partial charge in [-0.2, -0.15) is 0 Å². The number of hydrogen-bond acceptors (Lipinski definition) is 1. The minimum absolute atomic E-state index is 0.173. The van der Waals surface area contributed by atoms with Crippen LogP contribution in [0, 0.1) is 0 Å². The summed E-state index contributed by atoms with van der Waals surface area (Å²) in [5, 5.41) is 0. The first kappa shape index (κ1) is 15.8. The van der Waals surface area contributed by atoms with E-state index < -0.39 is 0 Å². The molecule has 0 atom stereocenters. The van der Waals surface area contributed by atoms with E-state index in [0.29, 0.717) is 5.92 Å². The summed E-state index contributed by atoms with van der Waals surface area (Å²) in [6, 6.07) is 16.7. The highest BCUT2D eigenvalue weighted by molar-refractivity contribution is 5.94. The Bertz CT molecular complexity index is 666. The van der Waals surface area contributed by atoms with Crippen LogP contribution in [0.1, 0.15) is 54.9 Å². The van der Waals surface area contributed by atoms with Crippen LogP contribution >= 0.6 is 0 Å². The Morgan fingerprint density at radius 2 is 1.61 bits per heavy atom. The van der Waals surface area contributed by atoms with Crippen molar-refractivity contribution in [3.63, 3.8) is 0 Å². The van der Waals surface area contributed by atoms with E-state index in [2.05, 4.69) is 50.2 Å². The largest absolute Gasteiger partial charge is 0.339 e. The molecule has 0 radical (unpaired) electrons. The summed E-state index contributed by atoms with van der Waals surface area (Å²) in [7, 11) is 0. The summed E-state index contributed by atoms with van der Waals surface area (Å²) in [6.45, 7) is 6.22. The number of benzene rings is 2. The van der Waals surface area contributed by atoms with Crippen LogP contribution in [0.4, 0.5) is 0 Å². The predicted octanol–water partition coefficient (Wildman–Crippen LogP) is 5.10. The first-order valence-electron chi connectivity index (χ1n) is 8.65. The number of likely N-dealkylation sites (tertiary alicyclic amines) is 1. The van der Waals surface area contributed by atoms with E-state index in [9.17, 15) is 4.79 Å². The first-order valence-corrected chi connectivity index (χ1v) is 8.65. The fraction of sp³-hybridized carbons (Fsp3) is 0.381. The second-order valence-electron chi connectivity index (χ2n) is 6.71. The smallest absolute Gasteiger partial charge is 0.253 e. The maximum absolute atomic E-state index is 12.5. The van der Waals surface area contributed by atoms with Gasteiger partial charge in [0.05, 0.1) is 0 Å². The Balaban J connectivity index is 1.79. The number of piperidine rings is 1. The molecule has 1 heterocycles. The van der Waals surface area contributed by atoms with Gasteiger partial charge in [0.1, 0.15) is 0 Å². The van der Waals surface area contributed by atoms with Crippen LogP contribution in [0.15, 0.2) is 48.5 Å². The monoisotopic (exact) mass is 307 g/mol. The van der Waals surface area contributed by atoms with E-state index in [4.69, 9.17) is 0 Å². The molecule has 3 rings (SSSR count). The predicted molar refractivity (Wildman–Crippen MR) is 95.7 cm³/mol. The molecule has 0 saturated carbocycles. The molecule has 2 aromatic rings. The van der Waals surface area contributed by atoms with Gasteiger partial charge in [0.2, 0.25) is 0 Å². The average Bonchev–Trinajstić information content (AvgIpc) is 2.62. The first-order chi connectivity index (χ1) is 11.1. The lowest BCUT2D eigenvalue weighted by Gasteiger charge is -2.26. The fourth-order valence-electron chi connectivity index (χ4n) is 3.16. The zero-order valence-corrected chi connectivity index (χ0v) is 14.1. The van der Waals surface area contributed by atoms with Crippen LogP contribution in [0.2, 0.25) is 0 Å². The van der Waals surface area contributed by atoms with Crippen molar-refractivity contribution >= 4 is 5.91 Å². The van der Waals surface area contributed by atoms with E-state index in [1.54, 1.807) is 0 Å². The van der Waals surface area contributed by atoms with Gasteiger partial charge in [-0.3, -0.25) is 4.79 Å². The normalized spacial score (nSPS) is 15.0. The zero-order valence-electron chi connectivity index (χ0n) is 14.1. The summed E-state index contributed by atoms with van der Waals surface area (Å²) in [6.07, 6.45) is 3.51. The highest BCUT2D eigenvalue weighted by Gasteiger charge is 2.17. The van der Waals surface area contributed by atoms with Crippen molar-refractivity contribution in [1.82, 2.24) is 4.90 Å². The van der Waals surface area contributed by atoms with Crippen LogP contribution in [-0.4, -0.2) is 23.9 Å². The Morgan fingerprint density at radius 1 is 0.913 bits per heavy atom. The molecule has 1 saturated heterocycles. The van der Waals surface area contributed by atoms with Crippen LogP contribution in [0.3, 0.4) is 0 Å². The lowest BCUT2D eigenvalue weighted by atomic mass is 9.97. The van der Waals surface area contributed by atoms with E-state index in [-0.39, 0.29) is 5.91 Å². The molecule has 0 bridgehead atoms. The molecule has 0 unspecified atom stereocenters. The molecular formula is C21H25NO. The topological polar surface area (TPSA) is 20.3 Å². The van der Waals surface area contributed by atoms with Crippen molar-refractivity contribution in [2.45, 2.75) is 39.0 Å². The minimum atomic E-state index is 0.173. The molecular weight excluding hydrogens is 282 g/mol. The molecule has 2 heteroatoms. The Morgan fingerprint density at radius 3 is 2.26 bits per heavy atom. The molecule has 120 valence electrons. The molecule has 1 aliphatic rings. The van der Waals surface area contributed by atoms with Gasteiger partial charge in [0.25, 0.3) is 5.91 Å². The molecule has 0 aliphatic carbocycles. The van der Waals surface area contributed by atoms with Gasteiger partial charge in [-0.05, 0) is 54.0 Å². The zero-order chi connectivity index (χ0) is 16.2. The van der Waals surface area contributed by atoms with Crippen molar-refractivity contribution in [1.29, 1.82) is 0 Å². The van der Waals surface area contributed by atoms with Crippen LogP contribution < -0.4 is 0 Å². The number of hydrogen-bond donors (Lipinski definition) is 0. The maximum atomic E-state index is 12.5. The lowest BCUT2D eigenvalue weighted by molar-refractivity contribution is 0.0724. The van der Waals surface area contributed by atoms with E-state index in [1.165, 1.54) is 23.1 Å². The summed E-state index contributed by atoms with van der Waals surface area (Å²) in [5.41, 5.74) is 4.53. The standard InChI is InChI=1S/C21H25NO/c1-16(2)19-7-6-8-20(15-19)17-9-11-18(12-10-17)21(23)22-13-4-3-5-14-22/h6-12,15-16H,3-5,13-14H2,1-2H3. The van der Waals surface area contributed by atoms with Gasteiger partial charge in [-0.25, -0.2) is 0 Å². The average molecular weight is 307 g/mol. The summed E-state index contributed by atoms with van der Waals surface area (Å²) >= 11 is 0. The third-order valence-corrected chi connectivity index (χ3v) is 4.66. The SMILES string of the molecule is CC(C)c1cccc(-c2ccc(C(=O)N3CCCCC3)cc2)c1. The van der Waals surface area contributed by atoms with E-state index in [0.717, 1.165) is 31.5 Å². The van der Waals surface area contributed by atoms with Gasteiger partial charge in [0, 0.05) is 18.7 Å². The number of amides is 1. The van der Waals surface area contributed by atoms with Crippen LogP contribution in [0.25, 0.3) is 11.1 Å². The fourth-order valence-corrected chi connectivity index (χ4v) is 3.16. The summed E-state index contributed by atoms with van der Waals surface area (Å²) in [4.78, 5) is 14.5. The molecule has 0 N–H and O–H groups in total. The van der Waals surface area contributed by atoms with Gasteiger partial charge >= 0.3 is 0 Å². The summed E-state index contributed by atoms with van der Waals surface area (Å²) in [5.74, 6) is 0.696. The number of nitrogens with zero attached hydrogens (tertiary/aromatic N) is 1. The van der Waals surface area contributed by atoms with Crippen molar-refractivity contribution in [2.24, 2.45) is 0 Å². The number of carbonyl (C=O) groups excluding carboxylic acids is 1. The third kappa shape index (κ3) is 3.64. The molecule has 23 heavy (non-hydrogen) atoms. The quantitative estimate of drug-likeness (QED) is 0.772. The van der Waals surface area contributed by atoms with Gasteiger partial charge < -0.3 is 4.90 Å². The molecule has 2 aromatic carbocycles. The highest BCUT2D eigenvalue weighted by atomic mass is 16.2. The van der Waals surface area contributed by atoms with Crippen molar-refractivity contribution in [3.8, 4) is 11.1 Å². The number of carbonyl (C=O) groups is 1. The molecule has 1 aliphatic heterocycles. The summed E-state index contributed by atoms with van der Waals surface area (Å²) < 4.78 is 0. The van der Waals surface area contributed by atoms with E-state index in [1.807, 2.05) is 17.0 Å². The maximum Gasteiger partial charge on any atom is 0.253 e. The highest BCUT2D eigenvalue weighted by Crippen LogP contribution is 2.25. The molecule has 0 spiro atoms. The molecule has 1 amide bonds. The second kappa shape index (κ2) is 6.99. The van der Waals surface area contributed by atoms with Gasteiger partial charge in [0.15, 0.2) is 0 Å². The van der Waals surface area contributed by atoms with Crippen molar-refractivity contribution in [2.75, 3.05) is 13.1 Å². The van der Waals surface area contributed by atoms with E-state index >= 15 is 0 Å². The van der Waals surface area contributed by atoms with Crippen LogP contribution in [-0.2, 0) is 0 Å². The second-order valence-corrected chi connectivity index (χ2v) is 6.71. The molecule has 1 fully saturated rings. The minimum Gasteiger partial charge on any atom is -0.339 e. The Hall–Kier alpha value is -2.09.